The van der Waals surface area contributed by atoms with Crippen LogP contribution in [0.5, 0.6) is 11.5 Å². The van der Waals surface area contributed by atoms with Crippen LogP contribution in [0, 0.1) is 0 Å². The highest BCUT2D eigenvalue weighted by Crippen LogP contribution is 2.73. The average molecular weight is 1530 g/mol. The van der Waals surface area contributed by atoms with Crippen molar-refractivity contribution in [2.24, 2.45) is 0 Å². The molecular formula is C106H102O6P2. The molecule has 15 rings (SSSR count). The van der Waals surface area contributed by atoms with E-state index in [1.807, 2.05) is 24.3 Å². The van der Waals surface area contributed by atoms with Crippen LogP contribution in [0.2, 0.25) is 0 Å². The Labute approximate surface area is 677 Å². The van der Waals surface area contributed by atoms with Gasteiger partial charge in [0.2, 0.25) is 0 Å². The monoisotopic (exact) mass is 1530 g/mol. The zero-order valence-electron chi connectivity index (χ0n) is 66.4. The van der Waals surface area contributed by atoms with Crippen LogP contribution in [0.4, 0.5) is 0 Å². The lowest BCUT2D eigenvalue weighted by molar-refractivity contribution is 0.119. The van der Waals surface area contributed by atoms with Crippen molar-refractivity contribution in [3.63, 3.8) is 0 Å². The number of hydrogen-bond acceptors (Lipinski definition) is 6. The van der Waals surface area contributed by atoms with Crippen LogP contribution < -0.4 is 9.05 Å². The largest absolute Gasteiger partial charge is 0.427 e. The van der Waals surface area contributed by atoms with Gasteiger partial charge in [0.1, 0.15) is 11.5 Å². The highest BCUT2D eigenvalue weighted by molar-refractivity contribution is 7.40. The summed E-state index contributed by atoms with van der Waals surface area (Å²) in [4.78, 5) is 43.4. The quantitative estimate of drug-likeness (QED) is 0.0403. The predicted molar refractivity (Wildman–Crippen MR) is 470 cm³/mol. The number of rotatable bonds is 26. The van der Waals surface area contributed by atoms with Crippen LogP contribution in [-0.2, 0) is 16.2 Å². The molecule has 8 heteroatoms. The highest BCUT2D eigenvalue weighted by Gasteiger charge is 2.70. The van der Waals surface area contributed by atoms with Gasteiger partial charge < -0.3 is 28.6 Å². The van der Waals surface area contributed by atoms with Crippen molar-refractivity contribution in [3.8, 4) is 11.5 Å². The first-order chi connectivity index (χ1) is 55.5. The molecule has 1 aliphatic carbocycles. The molecule has 14 aromatic rings. The Morgan fingerprint density at radius 2 is 0.439 bits per heavy atom. The SMILES string of the molecule is CC(c1ccccc1)c1ccc(C2(c3ccc(C(C)c4ccccc4)cc3C(C)c3ccccc3)CCCC(c3ccc(OP(O)O)cc3)(c3ccc(OP(O)O)cc3)C2(c2ccc(C(C)c3ccccc3)cc2C(C)c2ccccc2)c2ccc(C(C)c3ccccc3)cc2C(C)c2ccccc2)c(C(C)c2ccccc2)c1. The molecule has 0 radical (unpaired) electrons. The Bertz CT molecular complexity index is 5170. The van der Waals surface area contributed by atoms with E-state index in [0.29, 0.717) is 30.8 Å². The molecular weight excluding hydrogens is 1430 g/mol. The van der Waals surface area contributed by atoms with Crippen LogP contribution in [0.3, 0.4) is 0 Å². The van der Waals surface area contributed by atoms with Gasteiger partial charge in [-0.3, -0.25) is 0 Å². The van der Waals surface area contributed by atoms with Gasteiger partial charge in [-0.1, -0.05) is 402 Å². The topological polar surface area (TPSA) is 99.4 Å². The Kier molecular flexibility index (Phi) is 23.9. The maximum atomic E-state index is 10.9. The summed E-state index contributed by atoms with van der Waals surface area (Å²) < 4.78 is 12.0. The fourth-order valence-corrected chi connectivity index (χ4v) is 20.3. The fraction of sp³-hybridized carbons (Fsp3) is 0.208. The van der Waals surface area contributed by atoms with Crippen molar-refractivity contribution in [3.05, 3.63) is 486 Å². The van der Waals surface area contributed by atoms with E-state index >= 15 is 0 Å². The summed E-state index contributed by atoms with van der Waals surface area (Å²) >= 11 is 0. The molecule has 0 spiro atoms. The lowest BCUT2D eigenvalue weighted by Gasteiger charge is -2.67. The van der Waals surface area contributed by atoms with Crippen molar-refractivity contribution < 1.29 is 28.6 Å². The number of benzene rings is 14. The lowest BCUT2D eigenvalue weighted by Crippen LogP contribution is -2.67. The van der Waals surface area contributed by atoms with Gasteiger partial charge in [0.05, 0.1) is 0 Å². The Morgan fingerprint density at radius 1 is 0.228 bits per heavy atom. The smallest absolute Gasteiger partial charge is 0.391 e. The third-order valence-electron chi connectivity index (χ3n) is 25.7. The second-order valence-electron chi connectivity index (χ2n) is 31.6. The summed E-state index contributed by atoms with van der Waals surface area (Å²) in [7, 11) is -5.62. The van der Waals surface area contributed by atoms with Crippen molar-refractivity contribution in [1.82, 2.24) is 0 Å². The molecule has 0 bridgehead atoms. The van der Waals surface area contributed by atoms with Crippen molar-refractivity contribution in [1.29, 1.82) is 0 Å². The summed E-state index contributed by atoms with van der Waals surface area (Å²) in [5.74, 6) is -0.309. The molecule has 14 aromatic carbocycles. The molecule has 1 saturated carbocycles. The maximum absolute atomic E-state index is 10.9. The zero-order valence-corrected chi connectivity index (χ0v) is 68.2. The molecule has 572 valence electrons. The Balaban J connectivity index is 1.26. The first-order valence-electron chi connectivity index (χ1n) is 40.4. The molecule has 114 heavy (non-hydrogen) atoms. The summed E-state index contributed by atoms with van der Waals surface area (Å²) in [6, 6.07) is 135. The molecule has 1 aliphatic rings. The number of hydrogen-bond donors (Lipinski definition) is 4. The van der Waals surface area contributed by atoms with E-state index in [2.05, 4.69) is 395 Å². The van der Waals surface area contributed by atoms with Crippen molar-refractivity contribution in [2.75, 3.05) is 0 Å². The third-order valence-corrected chi connectivity index (χ3v) is 26.5. The molecule has 4 N–H and O–H groups in total. The molecule has 0 heterocycles. The second kappa shape index (κ2) is 34.6. The minimum absolute atomic E-state index is 0.00491. The maximum Gasteiger partial charge on any atom is 0.391 e. The first kappa shape index (κ1) is 78.6. The molecule has 0 amide bonds. The third kappa shape index (κ3) is 15.2. The van der Waals surface area contributed by atoms with E-state index in [9.17, 15) is 19.6 Å². The second-order valence-corrected chi connectivity index (χ2v) is 33.0. The molecule has 0 aromatic heterocycles. The standard InChI is InChI=1S/C106H102O6P2/c1-72(80-34-17-9-18-35-80)88-50-62-100(96(68-88)76(5)84-42-25-13-26-43-84)105(101-63-51-89(73(2)81-36-19-10-20-37-81)69-97(101)77(6)85-44-27-14-28-45-85)67-33-66-104(92-54-58-94(59-55-92)111-113(107)108,93-56-60-95(61-57-93)112-114(109)110)106(105,102-64-52-90(74(3)82-38-21-11-22-39-82)70-98(102)78(7)86-46-29-15-30-47-86)103-65-53-91(75(4)83-40-23-12-24-41-83)71-99(103)79(8)87-48-31-16-32-49-87/h9-32,34-65,68-79,107-110H,33,66-67H2,1-8H3. The van der Waals surface area contributed by atoms with Crippen molar-refractivity contribution in [2.45, 2.75) is 138 Å². The summed E-state index contributed by atoms with van der Waals surface area (Å²) in [5, 5.41) is 0. The van der Waals surface area contributed by atoms with Gasteiger partial charge in [0.15, 0.2) is 0 Å². The van der Waals surface area contributed by atoms with E-state index in [1.54, 1.807) is 0 Å². The zero-order chi connectivity index (χ0) is 79.1. The summed E-state index contributed by atoms with van der Waals surface area (Å²) in [6.45, 7) is 19.2. The van der Waals surface area contributed by atoms with Gasteiger partial charge in [0.25, 0.3) is 0 Å². The lowest BCUT2D eigenvalue weighted by atomic mass is 9.34. The molecule has 6 nitrogen and oxygen atoms in total. The minimum atomic E-state index is -2.81. The fourth-order valence-electron chi connectivity index (χ4n) is 19.6. The summed E-state index contributed by atoms with van der Waals surface area (Å²) in [6.07, 6.45) is 1.91. The van der Waals surface area contributed by atoms with E-state index in [-0.39, 0.29) is 47.3 Å². The average Bonchev–Trinajstić information content (AvgIpc) is 0.647. The van der Waals surface area contributed by atoms with E-state index in [4.69, 9.17) is 9.05 Å². The van der Waals surface area contributed by atoms with Crippen LogP contribution in [0.25, 0.3) is 0 Å². The van der Waals surface area contributed by atoms with Gasteiger partial charge in [-0.25, -0.2) is 0 Å². The van der Waals surface area contributed by atoms with Gasteiger partial charge in [-0.2, -0.15) is 0 Å². The first-order valence-corrected chi connectivity index (χ1v) is 42.7. The van der Waals surface area contributed by atoms with Crippen LogP contribution in [0.1, 0.15) is 244 Å². The molecule has 8 atom stereocenters. The van der Waals surface area contributed by atoms with Crippen molar-refractivity contribution >= 4 is 17.2 Å². The highest BCUT2D eigenvalue weighted by atomic mass is 31.2. The van der Waals surface area contributed by atoms with Crippen LogP contribution in [0.15, 0.2) is 364 Å². The van der Waals surface area contributed by atoms with E-state index in [1.165, 1.54) is 100 Å². The molecule has 8 unspecified atom stereocenters. The molecule has 0 saturated heterocycles. The van der Waals surface area contributed by atoms with Gasteiger partial charge in [0, 0.05) is 63.6 Å². The minimum Gasteiger partial charge on any atom is -0.427 e. The van der Waals surface area contributed by atoms with Crippen LogP contribution in [-0.4, -0.2) is 19.6 Å². The van der Waals surface area contributed by atoms with E-state index in [0.717, 1.165) is 22.3 Å². The van der Waals surface area contributed by atoms with Crippen LogP contribution >= 0.6 is 17.2 Å². The van der Waals surface area contributed by atoms with Gasteiger partial charge >= 0.3 is 17.2 Å². The van der Waals surface area contributed by atoms with E-state index < -0.39 is 33.4 Å². The predicted octanol–water partition coefficient (Wildman–Crippen LogP) is 26.5. The van der Waals surface area contributed by atoms with Gasteiger partial charge in [-0.15, -0.1) is 0 Å². The van der Waals surface area contributed by atoms with Gasteiger partial charge in [-0.05, 0) is 160 Å². The molecule has 0 aliphatic heterocycles. The summed E-state index contributed by atoms with van der Waals surface area (Å²) in [5.41, 5.74) is 22.0. The Hall–Kier alpha value is -10.6. The Morgan fingerprint density at radius 3 is 0.675 bits per heavy atom. The normalized spacial score (nSPS) is 17.6. The molecule has 1 fully saturated rings.